The molecule has 2 aliphatic heterocycles. The lowest BCUT2D eigenvalue weighted by atomic mass is 9.82. The van der Waals surface area contributed by atoms with Crippen LogP contribution in [0.25, 0.3) is 0 Å². The summed E-state index contributed by atoms with van der Waals surface area (Å²) in [5.41, 5.74) is 10.6. The summed E-state index contributed by atoms with van der Waals surface area (Å²) < 4.78 is 27.9. The molecule has 0 bridgehead atoms. The molecule has 6 unspecified atom stereocenters. The largest absolute Gasteiger partial charge is 0.388 e. The second-order valence-electron chi connectivity index (χ2n) is 20.3. The lowest BCUT2D eigenvalue weighted by Crippen LogP contribution is -2.69. The van der Waals surface area contributed by atoms with Crippen LogP contribution in [-0.2, 0) is 51.7 Å². The Hall–Kier alpha value is -4.42. The number of likely N-dealkylation sites (N-methyl/N-ethyl adjacent to an activating group) is 2. The molecule has 13 heteroatoms. The summed E-state index contributed by atoms with van der Waals surface area (Å²) >= 11 is 0. The van der Waals surface area contributed by atoms with Gasteiger partial charge in [-0.1, -0.05) is 152 Å². The average molecular weight is 971 g/mol. The molecule has 0 radical (unpaired) electrons. The minimum absolute atomic E-state index is 0.0420. The lowest BCUT2D eigenvalue weighted by Gasteiger charge is -2.52. The summed E-state index contributed by atoms with van der Waals surface area (Å²) in [4.78, 5) is 6.66. The SMILES string of the molecule is CC([C@@H]1CC[C@@H](N(CCN)Cc2ccccc2)C(OC2[C@H](O)C(OC3OC[C@](C)(O)[C@H](N(C)Cc4ccccc4)[C@H]3O)C(NCc3ccccc3)C[C@@H]2NCc2ccccc2)O1)N(C)Cc1ccccc1. The number of nitrogens with one attached hydrogen (secondary N) is 2. The Morgan fingerprint density at radius 1 is 0.648 bits per heavy atom. The molecule has 0 amide bonds. The van der Waals surface area contributed by atoms with Crippen LogP contribution in [0.5, 0.6) is 0 Å². The molecule has 5 aromatic carbocycles. The normalized spacial score (nSPS) is 29.6. The molecule has 13 atom stereocenters. The van der Waals surface area contributed by atoms with E-state index in [0.29, 0.717) is 45.7 Å². The zero-order chi connectivity index (χ0) is 49.7. The van der Waals surface area contributed by atoms with Crippen molar-refractivity contribution in [3.05, 3.63) is 179 Å². The highest BCUT2D eigenvalue weighted by atomic mass is 16.7. The van der Waals surface area contributed by atoms with Gasteiger partial charge in [0, 0.05) is 63.9 Å². The molecule has 8 rings (SSSR count). The van der Waals surface area contributed by atoms with Crippen LogP contribution < -0.4 is 16.4 Å². The van der Waals surface area contributed by atoms with Gasteiger partial charge in [-0.25, -0.2) is 0 Å². The first kappa shape index (κ1) is 52.9. The average Bonchev–Trinajstić information content (AvgIpc) is 3.38. The molecule has 3 aliphatic rings. The van der Waals surface area contributed by atoms with Crippen molar-refractivity contribution in [2.24, 2.45) is 5.73 Å². The number of benzene rings is 5. The molecule has 5 aromatic rings. The number of nitrogens with zero attached hydrogens (tertiary/aromatic N) is 3. The summed E-state index contributed by atoms with van der Waals surface area (Å²) in [5.74, 6) is 0. The van der Waals surface area contributed by atoms with Crippen LogP contribution in [-0.4, -0.2) is 143 Å². The van der Waals surface area contributed by atoms with Crippen molar-refractivity contribution < 1.29 is 34.3 Å². The first-order chi connectivity index (χ1) is 34.5. The summed E-state index contributed by atoms with van der Waals surface area (Å²) in [6, 6.07) is 49.6. The second-order valence-corrected chi connectivity index (χ2v) is 20.3. The van der Waals surface area contributed by atoms with Crippen molar-refractivity contribution in [3.63, 3.8) is 0 Å². The minimum Gasteiger partial charge on any atom is -0.388 e. The molecule has 382 valence electrons. The van der Waals surface area contributed by atoms with Crippen LogP contribution in [0.1, 0.15) is 60.9 Å². The van der Waals surface area contributed by atoms with Gasteiger partial charge in [0.25, 0.3) is 0 Å². The van der Waals surface area contributed by atoms with E-state index in [1.807, 2.05) is 90.8 Å². The molecule has 1 saturated carbocycles. The molecule has 2 saturated heterocycles. The van der Waals surface area contributed by atoms with E-state index < -0.39 is 54.7 Å². The van der Waals surface area contributed by atoms with Crippen molar-refractivity contribution >= 4 is 0 Å². The fourth-order valence-electron chi connectivity index (χ4n) is 11.0. The van der Waals surface area contributed by atoms with Gasteiger partial charge >= 0.3 is 0 Å². The standard InChI is InChI=1S/C58H78N6O7/c1-41(62(3)37-44-24-14-7-15-25-44)50-31-30-49(64(33-32-59)39-46-28-18-9-19-29-46)56(69-50)70-53-47(60-35-42-20-10-5-11-21-42)34-48(61-36-43-22-12-6-13-23-43)54(51(53)65)71-57-52(66)55(58(2,67)40-68-57)63(4)38-45-26-16-8-17-27-45/h5-29,41,47-57,60-61,65-67H,30-40,59H2,1-4H3/t41?,47-,48?,49+,50-,51-,52+,53?,54?,55+,56?,57?,58-/m0/s1. The smallest absolute Gasteiger partial charge is 0.185 e. The fourth-order valence-corrected chi connectivity index (χ4v) is 11.0. The molecular formula is C58H78N6O7. The van der Waals surface area contributed by atoms with Gasteiger partial charge in [0.05, 0.1) is 24.8 Å². The Balaban J connectivity index is 1.12. The van der Waals surface area contributed by atoms with E-state index in [2.05, 4.69) is 107 Å². The van der Waals surface area contributed by atoms with E-state index in [9.17, 15) is 15.3 Å². The maximum absolute atomic E-state index is 13.2. The number of rotatable bonds is 22. The Morgan fingerprint density at radius 2 is 1.11 bits per heavy atom. The van der Waals surface area contributed by atoms with Crippen molar-refractivity contribution in [2.75, 3.05) is 33.8 Å². The van der Waals surface area contributed by atoms with Gasteiger partial charge in [0.1, 0.15) is 30.0 Å². The molecule has 13 nitrogen and oxygen atoms in total. The summed E-state index contributed by atoms with van der Waals surface area (Å²) in [7, 11) is 4.04. The molecule has 3 fully saturated rings. The van der Waals surface area contributed by atoms with Crippen molar-refractivity contribution in [1.82, 2.24) is 25.3 Å². The number of hydrogen-bond donors (Lipinski definition) is 6. The zero-order valence-electron chi connectivity index (χ0n) is 42.0. The molecule has 2 heterocycles. The second kappa shape index (κ2) is 25.5. The van der Waals surface area contributed by atoms with Crippen molar-refractivity contribution in [2.45, 2.75) is 145 Å². The maximum Gasteiger partial charge on any atom is 0.185 e. The topological polar surface area (TPSA) is 157 Å². The van der Waals surface area contributed by atoms with Gasteiger partial charge in [-0.15, -0.1) is 0 Å². The first-order valence-electron chi connectivity index (χ1n) is 25.6. The molecule has 0 aromatic heterocycles. The molecule has 0 spiro atoms. The van der Waals surface area contributed by atoms with E-state index in [1.165, 1.54) is 5.56 Å². The Labute approximate surface area is 421 Å². The summed E-state index contributed by atoms with van der Waals surface area (Å²) in [6.07, 6.45) is -4.27. The van der Waals surface area contributed by atoms with Gasteiger partial charge in [-0.2, -0.15) is 0 Å². The van der Waals surface area contributed by atoms with Crippen molar-refractivity contribution in [1.29, 1.82) is 0 Å². The monoisotopic (exact) mass is 971 g/mol. The number of aliphatic hydroxyl groups excluding tert-OH is 2. The lowest BCUT2D eigenvalue weighted by molar-refractivity contribution is -0.320. The quantitative estimate of drug-likeness (QED) is 0.0506. The summed E-state index contributed by atoms with van der Waals surface area (Å²) in [5, 5.41) is 44.7. The van der Waals surface area contributed by atoms with Crippen LogP contribution in [0, 0.1) is 0 Å². The summed E-state index contributed by atoms with van der Waals surface area (Å²) in [6.45, 7) is 7.85. The van der Waals surface area contributed by atoms with Crippen LogP contribution in [0.15, 0.2) is 152 Å². The fraction of sp³-hybridized carbons (Fsp3) is 0.483. The van der Waals surface area contributed by atoms with Gasteiger partial charge in [-0.3, -0.25) is 14.7 Å². The zero-order valence-corrected chi connectivity index (χ0v) is 42.0. The van der Waals surface area contributed by atoms with Crippen LogP contribution in [0.4, 0.5) is 0 Å². The van der Waals surface area contributed by atoms with Gasteiger partial charge in [-0.05, 0) is 75.0 Å². The van der Waals surface area contributed by atoms with E-state index >= 15 is 0 Å². The van der Waals surface area contributed by atoms with Gasteiger partial charge < -0.3 is 50.6 Å². The highest BCUT2D eigenvalue weighted by Gasteiger charge is 2.53. The number of ether oxygens (including phenoxy) is 4. The highest BCUT2D eigenvalue weighted by Crippen LogP contribution is 2.37. The van der Waals surface area contributed by atoms with E-state index in [-0.39, 0.29) is 30.8 Å². The van der Waals surface area contributed by atoms with Gasteiger partial charge in [0.2, 0.25) is 0 Å². The first-order valence-corrected chi connectivity index (χ1v) is 25.6. The maximum atomic E-state index is 13.2. The predicted molar refractivity (Wildman–Crippen MR) is 278 cm³/mol. The third-order valence-electron chi connectivity index (χ3n) is 14.9. The van der Waals surface area contributed by atoms with E-state index in [0.717, 1.165) is 41.6 Å². The van der Waals surface area contributed by atoms with Crippen molar-refractivity contribution in [3.8, 4) is 0 Å². The molecule has 7 N–H and O–H groups in total. The Morgan fingerprint density at radius 3 is 1.62 bits per heavy atom. The van der Waals surface area contributed by atoms with Crippen LogP contribution in [0.3, 0.4) is 0 Å². The van der Waals surface area contributed by atoms with Crippen LogP contribution >= 0.6 is 0 Å². The Kier molecular flexibility index (Phi) is 19.0. The molecule has 1 aliphatic carbocycles. The van der Waals surface area contributed by atoms with E-state index in [1.54, 1.807) is 6.92 Å². The minimum atomic E-state index is -1.40. The van der Waals surface area contributed by atoms with Crippen LogP contribution in [0.2, 0.25) is 0 Å². The third-order valence-corrected chi connectivity index (χ3v) is 14.9. The Bertz CT molecular complexity index is 2290. The molecule has 71 heavy (non-hydrogen) atoms. The number of nitrogens with two attached hydrogens (primary N) is 1. The van der Waals surface area contributed by atoms with E-state index in [4.69, 9.17) is 24.7 Å². The third kappa shape index (κ3) is 14.0. The highest BCUT2D eigenvalue weighted by molar-refractivity contribution is 5.19. The molecular weight excluding hydrogens is 893 g/mol. The number of aliphatic hydroxyl groups is 3. The predicted octanol–water partition coefficient (Wildman–Crippen LogP) is 5.66. The number of hydrogen-bond acceptors (Lipinski definition) is 13. The van der Waals surface area contributed by atoms with Gasteiger partial charge in [0.15, 0.2) is 12.6 Å².